The maximum absolute atomic E-state index is 12.6. The number of alkyl halides is 2. The number of hydrogen-bond acceptors (Lipinski definition) is 3. The number of nitrogens with one attached hydrogen (secondary N) is 2. The molecule has 8 heteroatoms. The number of urea groups is 1. The molecule has 0 radical (unpaired) electrons. The molecule has 25 heavy (non-hydrogen) atoms. The summed E-state index contributed by atoms with van der Waals surface area (Å²) in [6, 6.07) is 12.2. The first-order valence-electron chi connectivity index (χ1n) is 7.47. The normalized spacial score (nSPS) is 12.0. The molecule has 0 spiro atoms. The van der Waals surface area contributed by atoms with Crippen LogP contribution in [0, 0.1) is 0 Å². The standard InChI is InChI=1S/C17H17ClF2N2O2S/c18-12-7-5-11(6-8-12)13(9-10-23)21-17(24)22-14-3-1-2-4-15(14)25-16(19)20/h1-8,13,16,23H,9-10H2,(H2,21,22,24). The maximum atomic E-state index is 12.6. The van der Waals surface area contributed by atoms with Crippen molar-refractivity contribution in [2.45, 2.75) is 23.1 Å². The van der Waals surface area contributed by atoms with Crippen LogP contribution in [0.1, 0.15) is 18.0 Å². The third-order valence-corrected chi connectivity index (χ3v) is 4.39. The number of carbonyl (C=O) groups excluding carboxylic acids is 1. The number of rotatable bonds is 7. The molecule has 4 nitrogen and oxygen atoms in total. The largest absolute Gasteiger partial charge is 0.396 e. The van der Waals surface area contributed by atoms with Gasteiger partial charge in [0.1, 0.15) is 0 Å². The van der Waals surface area contributed by atoms with E-state index in [0.717, 1.165) is 5.56 Å². The van der Waals surface area contributed by atoms with Crippen molar-refractivity contribution >= 4 is 35.1 Å². The molecule has 2 aromatic rings. The van der Waals surface area contributed by atoms with E-state index in [2.05, 4.69) is 10.6 Å². The van der Waals surface area contributed by atoms with Crippen molar-refractivity contribution in [3.63, 3.8) is 0 Å². The smallest absolute Gasteiger partial charge is 0.319 e. The molecule has 2 rings (SSSR count). The van der Waals surface area contributed by atoms with Crippen LogP contribution in [0.2, 0.25) is 5.02 Å². The van der Waals surface area contributed by atoms with E-state index in [1.807, 2.05) is 0 Å². The van der Waals surface area contributed by atoms with Gasteiger partial charge in [0, 0.05) is 16.5 Å². The molecule has 2 amide bonds. The average Bonchev–Trinajstić information content (AvgIpc) is 2.56. The highest BCUT2D eigenvalue weighted by atomic mass is 35.5. The molecule has 1 atom stereocenters. The van der Waals surface area contributed by atoms with Gasteiger partial charge in [-0.25, -0.2) is 4.79 Å². The van der Waals surface area contributed by atoms with Crippen LogP contribution in [0.5, 0.6) is 0 Å². The Hall–Kier alpha value is -1.83. The molecule has 0 saturated carbocycles. The zero-order chi connectivity index (χ0) is 18.2. The van der Waals surface area contributed by atoms with Crippen molar-refractivity contribution in [1.29, 1.82) is 0 Å². The van der Waals surface area contributed by atoms with E-state index in [0.29, 0.717) is 28.9 Å². The van der Waals surface area contributed by atoms with E-state index < -0.39 is 17.8 Å². The predicted molar refractivity (Wildman–Crippen MR) is 96.4 cm³/mol. The van der Waals surface area contributed by atoms with Crippen LogP contribution in [-0.4, -0.2) is 23.5 Å². The van der Waals surface area contributed by atoms with Crippen LogP contribution >= 0.6 is 23.4 Å². The molecule has 0 aliphatic rings. The second-order valence-corrected chi connectivity index (χ2v) is 6.56. The molecule has 0 heterocycles. The van der Waals surface area contributed by atoms with Crippen LogP contribution in [-0.2, 0) is 0 Å². The number of para-hydroxylation sites is 1. The SMILES string of the molecule is O=C(Nc1ccccc1SC(F)F)NC(CCO)c1ccc(Cl)cc1. The van der Waals surface area contributed by atoms with Gasteiger partial charge in [0.05, 0.1) is 11.7 Å². The van der Waals surface area contributed by atoms with Crippen molar-refractivity contribution < 1.29 is 18.7 Å². The summed E-state index contributed by atoms with van der Waals surface area (Å²) in [5, 5.41) is 15.1. The Morgan fingerprint density at radius 3 is 2.48 bits per heavy atom. The number of hydrogen-bond donors (Lipinski definition) is 3. The lowest BCUT2D eigenvalue weighted by molar-refractivity contribution is 0.239. The van der Waals surface area contributed by atoms with E-state index in [-0.39, 0.29) is 11.5 Å². The highest BCUT2D eigenvalue weighted by Gasteiger charge is 2.16. The van der Waals surface area contributed by atoms with Crippen LogP contribution in [0.25, 0.3) is 0 Å². The number of anilines is 1. The Kier molecular flexibility index (Phi) is 7.49. The summed E-state index contributed by atoms with van der Waals surface area (Å²) in [5.41, 5.74) is 1.08. The van der Waals surface area contributed by atoms with Crippen molar-refractivity contribution in [1.82, 2.24) is 5.32 Å². The van der Waals surface area contributed by atoms with Crippen molar-refractivity contribution in [2.24, 2.45) is 0 Å². The second kappa shape index (κ2) is 9.60. The summed E-state index contributed by atoms with van der Waals surface area (Å²) >= 11 is 6.22. The Morgan fingerprint density at radius 1 is 1.16 bits per heavy atom. The van der Waals surface area contributed by atoms with Gasteiger partial charge in [-0.2, -0.15) is 8.78 Å². The fourth-order valence-corrected chi connectivity index (χ4v) is 2.95. The lowest BCUT2D eigenvalue weighted by Crippen LogP contribution is -2.33. The molecule has 0 fully saturated rings. The van der Waals surface area contributed by atoms with Crippen LogP contribution < -0.4 is 10.6 Å². The van der Waals surface area contributed by atoms with E-state index >= 15 is 0 Å². The summed E-state index contributed by atoms with van der Waals surface area (Å²) in [5.74, 6) is -2.58. The fourth-order valence-electron chi connectivity index (χ4n) is 2.23. The van der Waals surface area contributed by atoms with Crippen molar-refractivity contribution in [3.8, 4) is 0 Å². The van der Waals surface area contributed by atoms with Crippen molar-refractivity contribution in [2.75, 3.05) is 11.9 Å². The molecule has 0 aromatic heterocycles. The third-order valence-electron chi connectivity index (χ3n) is 3.35. The fraction of sp³-hybridized carbons (Fsp3) is 0.235. The Balaban J connectivity index is 2.08. The van der Waals surface area contributed by atoms with E-state index in [4.69, 9.17) is 11.6 Å². The summed E-state index contributed by atoms with van der Waals surface area (Å²) in [6.45, 7) is -0.120. The van der Waals surface area contributed by atoms with Gasteiger partial charge in [0.15, 0.2) is 0 Å². The molecule has 134 valence electrons. The molecular formula is C17H17ClF2N2O2S. The number of halogens is 3. The van der Waals surface area contributed by atoms with Gasteiger partial charge in [-0.3, -0.25) is 0 Å². The predicted octanol–water partition coefficient (Wildman–Crippen LogP) is 4.90. The van der Waals surface area contributed by atoms with Crippen LogP contribution in [0.3, 0.4) is 0 Å². The minimum atomic E-state index is -2.58. The lowest BCUT2D eigenvalue weighted by Gasteiger charge is -2.19. The number of aliphatic hydroxyl groups is 1. The molecule has 3 N–H and O–H groups in total. The zero-order valence-corrected chi connectivity index (χ0v) is 14.7. The minimum Gasteiger partial charge on any atom is -0.396 e. The minimum absolute atomic E-state index is 0.120. The molecule has 1 unspecified atom stereocenters. The number of benzene rings is 2. The van der Waals surface area contributed by atoms with E-state index in [1.165, 1.54) is 6.07 Å². The highest BCUT2D eigenvalue weighted by Crippen LogP contribution is 2.31. The van der Waals surface area contributed by atoms with E-state index in [9.17, 15) is 18.7 Å². The topological polar surface area (TPSA) is 61.4 Å². The first-order chi connectivity index (χ1) is 12.0. The quantitative estimate of drug-likeness (QED) is 0.593. The monoisotopic (exact) mass is 386 g/mol. The third kappa shape index (κ3) is 6.19. The molecular weight excluding hydrogens is 370 g/mol. The number of amides is 2. The molecule has 0 bridgehead atoms. The summed E-state index contributed by atoms with van der Waals surface area (Å²) in [4.78, 5) is 12.5. The first kappa shape index (κ1) is 19.5. The second-order valence-electron chi connectivity index (χ2n) is 5.09. The Labute approximate surface area is 153 Å². The van der Waals surface area contributed by atoms with E-state index in [1.54, 1.807) is 42.5 Å². The van der Waals surface area contributed by atoms with Crippen LogP contribution in [0.4, 0.5) is 19.3 Å². The van der Waals surface area contributed by atoms with Gasteiger partial charge in [0.2, 0.25) is 0 Å². The van der Waals surface area contributed by atoms with Crippen LogP contribution in [0.15, 0.2) is 53.4 Å². The van der Waals surface area contributed by atoms with Gasteiger partial charge in [-0.15, -0.1) is 0 Å². The molecule has 0 aliphatic carbocycles. The summed E-state index contributed by atoms with van der Waals surface area (Å²) in [7, 11) is 0. The Bertz CT molecular complexity index is 701. The highest BCUT2D eigenvalue weighted by molar-refractivity contribution is 7.99. The zero-order valence-electron chi connectivity index (χ0n) is 13.1. The van der Waals surface area contributed by atoms with Gasteiger partial charge in [-0.05, 0) is 36.2 Å². The summed E-state index contributed by atoms with van der Waals surface area (Å²) in [6.07, 6.45) is 0.308. The van der Waals surface area contributed by atoms with Gasteiger partial charge in [0.25, 0.3) is 5.76 Å². The summed E-state index contributed by atoms with van der Waals surface area (Å²) < 4.78 is 25.2. The van der Waals surface area contributed by atoms with Crippen molar-refractivity contribution in [3.05, 3.63) is 59.1 Å². The molecule has 2 aromatic carbocycles. The number of carbonyl (C=O) groups is 1. The number of thioether (sulfide) groups is 1. The van der Waals surface area contributed by atoms with Gasteiger partial charge >= 0.3 is 6.03 Å². The molecule has 0 saturated heterocycles. The number of aliphatic hydroxyl groups excluding tert-OH is 1. The average molecular weight is 387 g/mol. The Morgan fingerprint density at radius 2 is 1.84 bits per heavy atom. The van der Waals surface area contributed by atoms with Gasteiger partial charge in [-0.1, -0.05) is 47.6 Å². The van der Waals surface area contributed by atoms with Gasteiger partial charge < -0.3 is 15.7 Å². The molecule has 0 aliphatic heterocycles. The maximum Gasteiger partial charge on any atom is 0.319 e. The first-order valence-corrected chi connectivity index (χ1v) is 8.73. The lowest BCUT2D eigenvalue weighted by atomic mass is 10.0.